The molecule has 3 aromatic rings. The number of hydrogen-bond donors (Lipinski definition) is 2. The van der Waals surface area contributed by atoms with Crippen molar-refractivity contribution in [3.63, 3.8) is 0 Å². The highest BCUT2D eigenvalue weighted by atomic mass is 16.5. The number of methoxy groups -OCH3 is 1. The molecule has 1 aliphatic heterocycles. The minimum Gasteiger partial charge on any atom is -0.493 e. The second-order valence-corrected chi connectivity index (χ2v) is 12.2. The van der Waals surface area contributed by atoms with Crippen LogP contribution >= 0.6 is 0 Å². The van der Waals surface area contributed by atoms with Crippen LogP contribution in [0.25, 0.3) is 11.4 Å². The number of nitrogens with one attached hydrogen (secondary N) is 2. The van der Waals surface area contributed by atoms with Crippen molar-refractivity contribution in [2.45, 2.75) is 52.0 Å². The van der Waals surface area contributed by atoms with Crippen molar-refractivity contribution in [1.29, 1.82) is 0 Å². The molecule has 2 heterocycles. The molecule has 1 unspecified atom stereocenters. The van der Waals surface area contributed by atoms with Crippen LogP contribution in [0.1, 0.15) is 44.6 Å². The zero-order chi connectivity index (χ0) is 33.9. The van der Waals surface area contributed by atoms with Gasteiger partial charge < -0.3 is 29.7 Å². The maximum Gasteiger partial charge on any atom is 0.314 e. The third kappa shape index (κ3) is 9.29. The van der Waals surface area contributed by atoms with Crippen LogP contribution in [0.2, 0.25) is 0 Å². The number of ether oxygens (including phenoxy) is 3. The van der Waals surface area contributed by atoms with Crippen molar-refractivity contribution in [3.05, 3.63) is 54.1 Å². The van der Waals surface area contributed by atoms with E-state index >= 15 is 0 Å². The number of carbonyl (C=O) groups is 4. The molecule has 14 nitrogen and oxygen atoms in total. The highest BCUT2D eigenvalue weighted by Gasteiger charge is 2.44. The number of fused-ring (bicyclic) bond motifs is 2. The molecule has 0 saturated heterocycles. The molecule has 1 fully saturated rings. The summed E-state index contributed by atoms with van der Waals surface area (Å²) in [4.78, 5) is 55.7. The second-order valence-electron chi connectivity index (χ2n) is 12.2. The lowest BCUT2D eigenvalue weighted by atomic mass is 9.76. The lowest BCUT2D eigenvalue weighted by molar-refractivity contribution is -0.156. The average molecular weight is 662 g/mol. The van der Waals surface area contributed by atoms with Crippen molar-refractivity contribution in [2.75, 3.05) is 46.5 Å². The Morgan fingerprint density at radius 2 is 1.88 bits per heavy atom. The van der Waals surface area contributed by atoms with Gasteiger partial charge in [0.2, 0.25) is 17.6 Å². The van der Waals surface area contributed by atoms with E-state index in [1.165, 1.54) is 11.9 Å². The lowest BCUT2D eigenvalue weighted by Gasteiger charge is -2.32. The SMILES string of the molecule is CCOC(=O)C1(CC2CC2)CNC(=O)CCCN(C(=O)Cn2nnc(-c3ccccc3)n2)CCNC(=O)COc2cc(ccc2OC)C1. The Morgan fingerprint density at radius 3 is 2.62 bits per heavy atom. The molecule has 2 aliphatic rings. The summed E-state index contributed by atoms with van der Waals surface area (Å²) in [5, 5.41) is 18.2. The van der Waals surface area contributed by atoms with Crippen LogP contribution in [0.5, 0.6) is 11.5 Å². The van der Waals surface area contributed by atoms with E-state index in [-0.39, 0.29) is 76.0 Å². The van der Waals surface area contributed by atoms with Crippen molar-refractivity contribution in [2.24, 2.45) is 11.3 Å². The van der Waals surface area contributed by atoms with Gasteiger partial charge in [-0.25, -0.2) is 0 Å². The van der Waals surface area contributed by atoms with Gasteiger partial charge in [-0.3, -0.25) is 19.2 Å². The molecular formula is C34H43N7O7. The minimum absolute atomic E-state index is 0.107. The van der Waals surface area contributed by atoms with Crippen LogP contribution in [0.4, 0.5) is 0 Å². The van der Waals surface area contributed by atoms with Crippen LogP contribution in [-0.4, -0.2) is 95.3 Å². The molecule has 0 radical (unpaired) electrons. The van der Waals surface area contributed by atoms with Gasteiger partial charge in [-0.05, 0) is 55.0 Å². The third-order valence-electron chi connectivity index (χ3n) is 8.49. The Bertz CT molecular complexity index is 1580. The minimum atomic E-state index is -0.993. The number of carbonyl (C=O) groups excluding carboxylic acids is 4. The Labute approximate surface area is 279 Å². The first-order valence-corrected chi connectivity index (χ1v) is 16.4. The molecular weight excluding hydrogens is 618 g/mol. The number of benzene rings is 2. The number of amides is 3. The van der Waals surface area contributed by atoms with Gasteiger partial charge in [0.1, 0.15) is 6.54 Å². The van der Waals surface area contributed by atoms with Crippen LogP contribution in [0, 0.1) is 11.3 Å². The molecule has 3 amide bonds. The fraction of sp³-hybridized carbons (Fsp3) is 0.500. The number of aromatic nitrogens is 4. The van der Waals surface area contributed by atoms with E-state index in [2.05, 4.69) is 26.0 Å². The molecule has 256 valence electrons. The maximum absolute atomic E-state index is 13.6. The van der Waals surface area contributed by atoms with Gasteiger partial charge in [0, 0.05) is 38.2 Å². The van der Waals surface area contributed by atoms with Crippen molar-refractivity contribution in [1.82, 2.24) is 35.7 Å². The van der Waals surface area contributed by atoms with Gasteiger partial charge in [0.05, 0.1) is 19.1 Å². The van der Waals surface area contributed by atoms with Gasteiger partial charge in [-0.15, -0.1) is 10.2 Å². The van der Waals surface area contributed by atoms with Gasteiger partial charge in [0.15, 0.2) is 18.1 Å². The number of tetrazole rings is 1. The Balaban J connectivity index is 1.33. The quantitative estimate of drug-likeness (QED) is 0.342. The van der Waals surface area contributed by atoms with E-state index in [0.717, 1.165) is 24.0 Å². The van der Waals surface area contributed by atoms with Gasteiger partial charge in [-0.1, -0.05) is 49.2 Å². The molecule has 2 N–H and O–H groups in total. The van der Waals surface area contributed by atoms with E-state index in [4.69, 9.17) is 14.2 Å². The molecule has 1 aromatic heterocycles. The highest BCUT2D eigenvalue weighted by molar-refractivity contribution is 5.81. The molecule has 1 aliphatic carbocycles. The predicted molar refractivity (Wildman–Crippen MR) is 174 cm³/mol. The first-order chi connectivity index (χ1) is 23.3. The summed E-state index contributed by atoms with van der Waals surface area (Å²) >= 11 is 0. The average Bonchev–Trinajstić information content (AvgIpc) is 3.78. The Morgan fingerprint density at radius 1 is 1.06 bits per heavy atom. The van der Waals surface area contributed by atoms with Gasteiger partial charge in [-0.2, -0.15) is 4.80 Å². The number of hydrogen-bond acceptors (Lipinski definition) is 10. The summed E-state index contributed by atoms with van der Waals surface area (Å²) in [6.45, 7) is 2.26. The van der Waals surface area contributed by atoms with Crippen LogP contribution in [-0.2, 0) is 36.9 Å². The van der Waals surface area contributed by atoms with E-state index in [1.807, 2.05) is 36.4 Å². The number of esters is 1. The van der Waals surface area contributed by atoms with Crippen LogP contribution in [0.15, 0.2) is 48.5 Å². The molecule has 2 bridgehead atoms. The molecule has 1 atom stereocenters. The summed E-state index contributed by atoms with van der Waals surface area (Å²) in [6, 6.07) is 14.7. The molecule has 0 spiro atoms. The summed E-state index contributed by atoms with van der Waals surface area (Å²) < 4.78 is 16.9. The Hall–Kier alpha value is -5.01. The number of nitrogens with zero attached hydrogens (tertiary/aromatic N) is 5. The zero-order valence-electron chi connectivity index (χ0n) is 27.5. The van der Waals surface area contributed by atoms with Gasteiger partial charge >= 0.3 is 5.97 Å². The van der Waals surface area contributed by atoms with E-state index < -0.39 is 5.41 Å². The predicted octanol–water partition coefficient (Wildman–Crippen LogP) is 2.17. The fourth-order valence-corrected chi connectivity index (χ4v) is 5.83. The van der Waals surface area contributed by atoms with Crippen LogP contribution < -0.4 is 20.1 Å². The zero-order valence-corrected chi connectivity index (χ0v) is 27.5. The molecule has 5 rings (SSSR count). The number of rotatable bonds is 8. The van der Waals surface area contributed by atoms with E-state index in [1.54, 1.807) is 24.0 Å². The summed E-state index contributed by atoms with van der Waals surface area (Å²) in [5.41, 5.74) is 0.576. The van der Waals surface area contributed by atoms with Crippen molar-refractivity contribution < 1.29 is 33.4 Å². The Kier molecular flexibility index (Phi) is 11.6. The summed E-state index contributed by atoms with van der Waals surface area (Å²) in [6.07, 6.45) is 3.41. The normalized spacial score (nSPS) is 19.6. The largest absolute Gasteiger partial charge is 0.493 e. The molecule has 2 aromatic carbocycles. The summed E-state index contributed by atoms with van der Waals surface area (Å²) in [5.74, 6) is 0.289. The third-order valence-corrected chi connectivity index (χ3v) is 8.49. The first-order valence-electron chi connectivity index (χ1n) is 16.4. The topological polar surface area (TPSA) is 167 Å². The molecule has 1 saturated carbocycles. The van der Waals surface area contributed by atoms with Crippen LogP contribution in [0.3, 0.4) is 0 Å². The monoisotopic (exact) mass is 661 g/mol. The second kappa shape index (κ2) is 16.2. The smallest absolute Gasteiger partial charge is 0.314 e. The maximum atomic E-state index is 13.6. The summed E-state index contributed by atoms with van der Waals surface area (Å²) in [7, 11) is 1.51. The van der Waals surface area contributed by atoms with Crippen molar-refractivity contribution in [3.8, 4) is 22.9 Å². The fourth-order valence-electron chi connectivity index (χ4n) is 5.83. The highest BCUT2D eigenvalue weighted by Crippen LogP contribution is 2.43. The lowest BCUT2D eigenvalue weighted by Crippen LogP contribution is -2.46. The molecule has 48 heavy (non-hydrogen) atoms. The first kappa shape index (κ1) is 34.3. The van der Waals surface area contributed by atoms with E-state index in [9.17, 15) is 19.2 Å². The van der Waals surface area contributed by atoms with E-state index in [0.29, 0.717) is 42.5 Å². The van der Waals surface area contributed by atoms with Crippen molar-refractivity contribution >= 4 is 23.7 Å². The molecule has 14 heteroatoms. The van der Waals surface area contributed by atoms with Gasteiger partial charge in [0.25, 0.3) is 5.91 Å². The standard InChI is InChI=1S/C34H43N7O7/c1-3-47-33(45)34(19-24-11-12-24)20-25-13-14-27(46-2)28(18-25)48-22-30(43)35-15-17-40(16-7-10-29(42)36-23-34)31(44)21-41-38-32(37-39-41)26-8-5-4-6-9-26/h4-6,8-9,13-14,18,24H,3,7,10-12,15-17,19-23H2,1-2H3,(H,35,43)(H,36,42).